The Morgan fingerprint density at radius 1 is 0.944 bits per heavy atom. The van der Waals surface area contributed by atoms with Crippen molar-refractivity contribution >= 4 is 54.4 Å². The Balaban J connectivity index is 1.25. The monoisotopic (exact) mass is 540 g/mol. The molecule has 36 heavy (non-hydrogen) atoms. The number of carbonyl (C=O) groups excluding carboxylic acids is 2. The fourth-order valence-corrected chi connectivity index (χ4v) is 7.35. The number of alkyl carbamates (subject to hydrolysis) is 1. The first-order valence-corrected chi connectivity index (χ1v) is 14.7. The van der Waals surface area contributed by atoms with E-state index >= 15 is 0 Å². The Kier molecular flexibility index (Phi) is 8.84. The van der Waals surface area contributed by atoms with Gasteiger partial charge in [-0.05, 0) is 44.2 Å². The Hall–Kier alpha value is -3.08. The van der Waals surface area contributed by atoms with Gasteiger partial charge < -0.3 is 20.1 Å². The van der Waals surface area contributed by atoms with Crippen LogP contribution in [0, 0.1) is 0 Å². The molecule has 0 spiro atoms. The second-order valence-electron chi connectivity index (χ2n) is 7.96. The summed E-state index contributed by atoms with van der Waals surface area (Å²) >= 11 is 0. The number of amides is 2. The zero-order valence-electron chi connectivity index (χ0n) is 19.3. The first kappa shape index (κ1) is 26.0. The molecule has 0 radical (unpaired) electrons. The van der Waals surface area contributed by atoms with Crippen LogP contribution in [0.15, 0.2) is 78.9 Å². The van der Waals surface area contributed by atoms with Crippen LogP contribution in [0.1, 0.15) is 17.0 Å². The first-order chi connectivity index (χ1) is 17.5. The smallest absolute Gasteiger partial charge is 0.407 e. The number of hydrogen-bond donors (Lipinski definition) is 2. The topological polar surface area (TPSA) is 95.9 Å². The second kappa shape index (κ2) is 12.2. The van der Waals surface area contributed by atoms with E-state index < -0.39 is 18.1 Å². The standard InChI is InChI=1S/C26H24N2O5S3/c1-28(17-9-3-2-4-10-17)26(32)35-36-34-16-23(24(29)30)27-25(31)33-15-22-20-13-7-5-11-18(20)19-12-6-8-14-21(19)22/h2-14,22-23H,15-16H2,1H3,(H,27,31)(H,29,30). The van der Waals surface area contributed by atoms with E-state index in [2.05, 4.69) is 5.32 Å². The summed E-state index contributed by atoms with van der Waals surface area (Å²) in [5.41, 5.74) is 5.15. The van der Waals surface area contributed by atoms with Gasteiger partial charge in [-0.1, -0.05) is 77.5 Å². The summed E-state index contributed by atoms with van der Waals surface area (Å²) in [4.78, 5) is 38.0. The number of para-hydroxylation sites is 1. The summed E-state index contributed by atoms with van der Waals surface area (Å²) in [6.45, 7) is 0.101. The number of benzene rings is 3. The van der Waals surface area contributed by atoms with E-state index in [1.165, 1.54) is 15.7 Å². The van der Waals surface area contributed by atoms with Crippen LogP contribution in [0.4, 0.5) is 15.3 Å². The van der Waals surface area contributed by atoms with E-state index in [1.807, 2.05) is 78.9 Å². The van der Waals surface area contributed by atoms with Gasteiger partial charge in [0.1, 0.15) is 12.6 Å². The van der Waals surface area contributed by atoms with Crippen LogP contribution in [-0.4, -0.2) is 47.9 Å². The number of fused-ring (bicyclic) bond motifs is 3. The number of nitrogens with zero attached hydrogens (tertiary/aromatic N) is 1. The molecule has 1 aliphatic rings. The minimum Gasteiger partial charge on any atom is -0.480 e. The molecular formula is C26H24N2O5S3. The van der Waals surface area contributed by atoms with Crippen LogP contribution in [0.2, 0.25) is 0 Å². The van der Waals surface area contributed by atoms with Crippen LogP contribution < -0.4 is 10.2 Å². The van der Waals surface area contributed by atoms with E-state index in [-0.39, 0.29) is 23.5 Å². The number of aliphatic carboxylic acids is 1. The lowest BCUT2D eigenvalue weighted by atomic mass is 9.98. The molecule has 0 aromatic heterocycles. The van der Waals surface area contributed by atoms with Crippen LogP contribution in [0.3, 0.4) is 0 Å². The van der Waals surface area contributed by atoms with Crippen molar-refractivity contribution in [1.82, 2.24) is 5.32 Å². The number of carbonyl (C=O) groups is 3. The highest BCUT2D eigenvalue weighted by atomic mass is 33.5. The SMILES string of the molecule is CN(C(=O)SSSCC(NC(=O)OCC1c2ccccc2-c2ccccc21)C(=O)O)c1ccccc1. The summed E-state index contributed by atoms with van der Waals surface area (Å²) in [5.74, 6) is -1.21. The van der Waals surface area contributed by atoms with Gasteiger partial charge in [0.25, 0.3) is 5.24 Å². The second-order valence-corrected chi connectivity index (χ2v) is 12.0. The Morgan fingerprint density at radius 3 is 2.14 bits per heavy atom. The Bertz CT molecular complexity index is 1200. The van der Waals surface area contributed by atoms with Crippen molar-refractivity contribution in [3.8, 4) is 11.1 Å². The first-order valence-electron chi connectivity index (χ1n) is 11.1. The molecular weight excluding hydrogens is 516 g/mol. The van der Waals surface area contributed by atoms with Crippen molar-refractivity contribution in [1.29, 1.82) is 0 Å². The minimum absolute atomic E-state index is 0.0690. The van der Waals surface area contributed by atoms with Crippen molar-refractivity contribution in [3.05, 3.63) is 90.0 Å². The summed E-state index contributed by atoms with van der Waals surface area (Å²) in [6, 6.07) is 24.0. The molecule has 3 aromatic carbocycles. The molecule has 1 atom stereocenters. The van der Waals surface area contributed by atoms with Crippen LogP contribution in [-0.2, 0) is 9.53 Å². The molecule has 1 unspecified atom stereocenters. The van der Waals surface area contributed by atoms with Gasteiger partial charge in [0.2, 0.25) is 0 Å². The molecule has 0 heterocycles. The summed E-state index contributed by atoms with van der Waals surface area (Å²) in [7, 11) is 5.01. The van der Waals surface area contributed by atoms with Crippen LogP contribution in [0.5, 0.6) is 0 Å². The fourth-order valence-electron chi connectivity index (χ4n) is 3.92. The molecule has 0 saturated carbocycles. The molecule has 186 valence electrons. The highest BCUT2D eigenvalue weighted by Gasteiger charge is 2.29. The molecule has 0 saturated heterocycles. The largest absolute Gasteiger partial charge is 0.480 e. The predicted molar refractivity (Wildman–Crippen MR) is 148 cm³/mol. The molecule has 4 rings (SSSR count). The van der Waals surface area contributed by atoms with Gasteiger partial charge in [-0.2, -0.15) is 0 Å². The van der Waals surface area contributed by atoms with E-state index in [1.54, 1.807) is 7.05 Å². The molecule has 0 bridgehead atoms. The van der Waals surface area contributed by atoms with Gasteiger partial charge in [0.05, 0.1) is 0 Å². The molecule has 0 aliphatic heterocycles. The number of rotatable bonds is 9. The maximum absolute atomic E-state index is 12.4. The maximum Gasteiger partial charge on any atom is 0.407 e. The van der Waals surface area contributed by atoms with Crippen molar-refractivity contribution in [3.63, 3.8) is 0 Å². The quantitative estimate of drug-likeness (QED) is 0.242. The highest BCUT2D eigenvalue weighted by Crippen LogP contribution is 2.44. The normalized spacial score (nSPS) is 12.8. The summed E-state index contributed by atoms with van der Waals surface area (Å²) in [6.07, 6.45) is -0.789. The highest BCUT2D eigenvalue weighted by molar-refractivity contribution is 9.12. The zero-order valence-corrected chi connectivity index (χ0v) is 21.8. The Morgan fingerprint density at radius 2 is 1.53 bits per heavy atom. The molecule has 2 amide bonds. The lowest BCUT2D eigenvalue weighted by Gasteiger charge is -2.17. The molecule has 10 heteroatoms. The number of nitrogens with one attached hydrogen (secondary N) is 1. The lowest BCUT2D eigenvalue weighted by Crippen LogP contribution is -2.43. The molecule has 7 nitrogen and oxygen atoms in total. The van der Waals surface area contributed by atoms with Crippen LogP contribution in [0.25, 0.3) is 11.1 Å². The van der Waals surface area contributed by atoms with Gasteiger partial charge in [0, 0.05) is 35.2 Å². The molecule has 3 aromatic rings. The lowest BCUT2D eigenvalue weighted by molar-refractivity contribution is -0.138. The maximum atomic E-state index is 12.4. The van der Waals surface area contributed by atoms with Crippen LogP contribution >= 0.6 is 31.4 Å². The molecule has 1 aliphatic carbocycles. The van der Waals surface area contributed by atoms with Crippen molar-refractivity contribution in [2.45, 2.75) is 12.0 Å². The third kappa shape index (κ3) is 6.18. The summed E-state index contributed by atoms with van der Waals surface area (Å²) in [5, 5.41) is 11.8. The van der Waals surface area contributed by atoms with Crippen molar-refractivity contribution < 1.29 is 24.2 Å². The average Bonchev–Trinajstić information content (AvgIpc) is 3.22. The van der Waals surface area contributed by atoms with Gasteiger partial charge >= 0.3 is 12.1 Å². The van der Waals surface area contributed by atoms with E-state index in [0.29, 0.717) is 0 Å². The predicted octanol–water partition coefficient (Wildman–Crippen LogP) is 6.26. The number of anilines is 1. The summed E-state index contributed by atoms with van der Waals surface area (Å²) < 4.78 is 5.45. The van der Waals surface area contributed by atoms with Gasteiger partial charge in [-0.25, -0.2) is 9.59 Å². The van der Waals surface area contributed by atoms with E-state index in [4.69, 9.17) is 4.74 Å². The number of hydrogen-bond acceptors (Lipinski definition) is 7. The minimum atomic E-state index is -1.17. The average molecular weight is 541 g/mol. The molecule has 0 fully saturated rings. The third-order valence-electron chi connectivity index (χ3n) is 5.74. The zero-order chi connectivity index (χ0) is 25.5. The fraction of sp³-hybridized carbons (Fsp3) is 0.192. The number of carboxylic acids is 1. The number of carboxylic acid groups (broad SMARTS) is 1. The molecule has 2 N–H and O–H groups in total. The van der Waals surface area contributed by atoms with E-state index in [9.17, 15) is 19.5 Å². The van der Waals surface area contributed by atoms with Gasteiger partial charge in [-0.15, -0.1) is 0 Å². The Labute approximate surface area is 220 Å². The third-order valence-corrected chi connectivity index (χ3v) is 9.60. The van der Waals surface area contributed by atoms with E-state index in [0.717, 1.165) is 48.6 Å². The number of ether oxygens (including phenoxy) is 1. The van der Waals surface area contributed by atoms with Gasteiger partial charge in [0.15, 0.2) is 0 Å². The van der Waals surface area contributed by atoms with Crippen molar-refractivity contribution in [2.75, 3.05) is 24.3 Å². The van der Waals surface area contributed by atoms with Gasteiger partial charge in [-0.3, -0.25) is 4.79 Å². The van der Waals surface area contributed by atoms with Crippen molar-refractivity contribution in [2.24, 2.45) is 0 Å².